The first kappa shape index (κ1) is 17.6. The molecule has 138 valence electrons. The van der Waals surface area contributed by atoms with Crippen molar-refractivity contribution in [3.8, 4) is 11.8 Å². The molecule has 1 aromatic heterocycles. The van der Waals surface area contributed by atoms with E-state index < -0.39 is 6.04 Å². The van der Waals surface area contributed by atoms with Crippen molar-refractivity contribution in [3.05, 3.63) is 89.7 Å². The first-order valence-electron chi connectivity index (χ1n) is 9.10. The van der Waals surface area contributed by atoms with Crippen LogP contribution in [-0.4, -0.2) is 9.97 Å². The molecule has 0 saturated carbocycles. The Labute approximate surface area is 163 Å². The minimum absolute atomic E-state index is 0.358. The third-order valence-corrected chi connectivity index (χ3v) is 4.52. The maximum Gasteiger partial charge on any atom is 0.146 e. The molecular formula is C23H20N4O. The Balaban J connectivity index is 1.40. The second-order valence-electron chi connectivity index (χ2n) is 6.63. The van der Waals surface area contributed by atoms with Crippen molar-refractivity contribution in [1.29, 1.82) is 5.26 Å². The van der Waals surface area contributed by atoms with E-state index in [4.69, 9.17) is 4.74 Å². The summed E-state index contributed by atoms with van der Waals surface area (Å²) in [5.74, 6) is 1.51. The number of benzene rings is 3. The highest BCUT2D eigenvalue weighted by molar-refractivity contribution is 5.74. The zero-order chi connectivity index (χ0) is 19.3. The van der Waals surface area contributed by atoms with Gasteiger partial charge < -0.3 is 15.0 Å². The topological polar surface area (TPSA) is 73.7 Å². The molecule has 0 aliphatic heterocycles. The van der Waals surface area contributed by atoms with Gasteiger partial charge in [0.15, 0.2) is 0 Å². The highest BCUT2D eigenvalue weighted by Crippen LogP contribution is 2.22. The highest BCUT2D eigenvalue weighted by atomic mass is 16.5. The minimum Gasteiger partial charge on any atom is -0.486 e. The monoisotopic (exact) mass is 368 g/mol. The van der Waals surface area contributed by atoms with Gasteiger partial charge in [-0.05, 0) is 48.9 Å². The number of hydrogen-bond donors (Lipinski definition) is 2. The molecule has 4 rings (SSSR count). The normalized spacial score (nSPS) is 11.7. The second kappa shape index (κ2) is 7.85. The molecule has 1 atom stereocenters. The maximum atomic E-state index is 9.53. The smallest absolute Gasteiger partial charge is 0.146 e. The highest BCUT2D eigenvalue weighted by Gasteiger charge is 2.11. The molecule has 0 radical (unpaired) electrons. The molecule has 2 N–H and O–H groups in total. The number of anilines is 1. The molecule has 28 heavy (non-hydrogen) atoms. The summed E-state index contributed by atoms with van der Waals surface area (Å²) in [5.41, 5.74) is 4.91. The van der Waals surface area contributed by atoms with Gasteiger partial charge in [-0.3, -0.25) is 0 Å². The number of ether oxygens (including phenoxy) is 1. The summed E-state index contributed by atoms with van der Waals surface area (Å²) in [4.78, 5) is 7.75. The number of aromatic nitrogens is 2. The molecule has 0 amide bonds. The number of nitrogens with one attached hydrogen (secondary N) is 2. The van der Waals surface area contributed by atoms with Crippen LogP contribution in [0.4, 0.5) is 5.69 Å². The number of para-hydroxylation sites is 2. The lowest BCUT2D eigenvalue weighted by Crippen LogP contribution is -2.08. The average Bonchev–Trinajstić information content (AvgIpc) is 3.15. The van der Waals surface area contributed by atoms with Crippen LogP contribution in [0.5, 0.6) is 5.75 Å². The summed E-state index contributed by atoms with van der Waals surface area (Å²) in [6, 6.07) is 25.3. The number of aromatic amines is 1. The van der Waals surface area contributed by atoms with Crippen molar-refractivity contribution in [2.45, 2.75) is 19.6 Å². The quantitative estimate of drug-likeness (QED) is 0.495. The lowest BCUT2D eigenvalue weighted by molar-refractivity contribution is 0.297. The van der Waals surface area contributed by atoms with Crippen molar-refractivity contribution < 1.29 is 4.74 Å². The molecular weight excluding hydrogens is 348 g/mol. The molecule has 1 heterocycles. The van der Waals surface area contributed by atoms with Crippen molar-refractivity contribution >= 4 is 16.7 Å². The molecule has 4 aromatic rings. The van der Waals surface area contributed by atoms with Crippen LogP contribution in [0.3, 0.4) is 0 Å². The Kier molecular flexibility index (Phi) is 4.94. The number of nitrogens with zero attached hydrogens (tertiary/aromatic N) is 2. The van der Waals surface area contributed by atoms with Crippen LogP contribution in [0, 0.1) is 18.3 Å². The van der Waals surface area contributed by atoms with E-state index in [1.54, 1.807) is 0 Å². The van der Waals surface area contributed by atoms with E-state index in [9.17, 15) is 5.26 Å². The third kappa shape index (κ3) is 3.97. The van der Waals surface area contributed by atoms with E-state index in [1.165, 1.54) is 5.56 Å². The summed E-state index contributed by atoms with van der Waals surface area (Å²) in [6.07, 6.45) is 0. The van der Waals surface area contributed by atoms with E-state index >= 15 is 0 Å². The second-order valence-corrected chi connectivity index (χ2v) is 6.63. The fraction of sp³-hybridized carbons (Fsp3) is 0.130. The van der Waals surface area contributed by atoms with Gasteiger partial charge in [0, 0.05) is 5.69 Å². The molecule has 0 aliphatic carbocycles. The van der Waals surface area contributed by atoms with Gasteiger partial charge in [-0.2, -0.15) is 5.26 Å². The fourth-order valence-corrected chi connectivity index (χ4v) is 2.99. The van der Waals surface area contributed by atoms with Gasteiger partial charge in [-0.15, -0.1) is 0 Å². The number of hydrogen-bond acceptors (Lipinski definition) is 4. The van der Waals surface area contributed by atoms with Crippen LogP contribution < -0.4 is 10.1 Å². The predicted molar refractivity (Wildman–Crippen MR) is 110 cm³/mol. The first-order chi connectivity index (χ1) is 13.7. The van der Waals surface area contributed by atoms with Crippen LogP contribution in [-0.2, 0) is 6.61 Å². The van der Waals surface area contributed by atoms with Gasteiger partial charge in [0.1, 0.15) is 24.2 Å². The van der Waals surface area contributed by atoms with Crippen molar-refractivity contribution in [3.63, 3.8) is 0 Å². The van der Waals surface area contributed by atoms with Gasteiger partial charge in [0.05, 0.1) is 17.1 Å². The summed E-state index contributed by atoms with van der Waals surface area (Å²) in [6.45, 7) is 2.40. The largest absolute Gasteiger partial charge is 0.486 e. The van der Waals surface area contributed by atoms with Crippen LogP contribution in [0.25, 0.3) is 11.0 Å². The summed E-state index contributed by atoms with van der Waals surface area (Å²) in [7, 11) is 0. The van der Waals surface area contributed by atoms with Crippen molar-refractivity contribution in [2.24, 2.45) is 0 Å². The van der Waals surface area contributed by atoms with Crippen molar-refractivity contribution in [2.75, 3.05) is 5.32 Å². The predicted octanol–water partition coefficient (Wildman–Crippen LogP) is 5.13. The lowest BCUT2D eigenvalue weighted by Gasteiger charge is -2.14. The van der Waals surface area contributed by atoms with Crippen LogP contribution in [0.1, 0.15) is 23.0 Å². The zero-order valence-electron chi connectivity index (χ0n) is 15.5. The molecule has 0 saturated heterocycles. The number of nitriles is 1. The Hall–Kier alpha value is -3.78. The van der Waals surface area contributed by atoms with E-state index in [2.05, 4.69) is 21.4 Å². The molecule has 3 aromatic carbocycles. The first-order valence-corrected chi connectivity index (χ1v) is 9.10. The Bertz CT molecular complexity index is 1080. The molecule has 0 fully saturated rings. The van der Waals surface area contributed by atoms with Crippen molar-refractivity contribution in [1.82, 2.24) is 9.97 Å². The number of fused-ring (bicyclic) bond motifs is 1. The van der Waals surface area contributed by atoms with Gasteiger partial charge >= 0.3 is 0 Å². The Morgan fingerprint density at radius 1 is 1.04 bits per heavy atom. The van der Waals surface area contributed by atoms with Gasteiger partial charge in [-0.25, -0.2) is 4.98 Å². The average molecular weight is 368 g/mol. The van der Waals surface area contributed by atoms with Gasteiger partial charge in [0.25, 0.3) is 0 Å². The van der Waals surface area contributed by atoms with E-state index in [0.717, 1.165) is 33.9 Å². The van der Waals surface area contributed by atoms with Gasteiger partial charge in [-0.1, -0.05) is 42.0 Å². The Morgan fingerprint density at radius 3 is 2.50 bits per heavy atom. The summed E-state index contributed by atoms with van der Waals surface area (Å²) < 4.78 is 5.82. The molecule has 0 bridgehead atoms. The molecule has 0 spiro atoms. The van der Waals surface area contributed by atoms with Crippen LogP contribution >= 0.6 is 0 Å². The van der Waals surface area contributed by atoms with Crippen LogP contribution in [0.2, 0.25) is 0 Å². The SMILES string of the molecule is Cc1ccc(NC(C#N)c2ccc(OCc3nc4ccccc4[nH]3)cc2)cc1. The standard InChI is InChI=1S/C23H20N4O/c1-16-6-10-18(11-7-16)25-22(14-24)17-8-12-19(13-9-17)28-15-23-26-20-4-2-3-5-21(20)27-23/h2-13,22,25H,15H2,1H3,(H,26,27). The number of rotatable bonds is 6. The number of imidazole rings is 1. The molecule has 0 aliphatic rings. The van der Waals surface area contributed by atoms with Gasteiger partial charge in [0.2, 0.25) is 0 Å². The lowest BCUT2D eigenvalue weighted by atomic mass is 10.1. The summed E-state index contributed by atoms with van der Waals surface area (Å²) >= 11 is 0. The van der Waals surface area contributed by atoms with E-state index in [1.807, 2.05) is 79.7 Å². The number of H-pyrrole nitrogens is 1. The summed E-state index contributed by atoms with van der Waals surface area (Å²) in [5, 5.41) is 12.8. The maximum absolute atomic E-state index is 9.53. The minimum atomic E-state index is -0.424. The number of aryl methyl sites for hydroxylation is 1. The van der Waals surface area contributed by atoms with E-state index in [-0.39, 0.29) is 0 Å². The molecule has 1 unspecified atom stereocenters. The third-order valence-electron chi connectivity index (χ3n) is 4.52. The Morgan fingerprint density at radius 2 is 1.79 bits per heavy atom. The fourth-order valence-electron chi connectivity index (χ4n) is 2.99. The molecule has 5 heteroatoms. The van der Waals surface area contributed by atoms with E-state index in [0.29, 0.717) is 6.61 Å². The molecule has 5 nitrogen and oxygen atoms in total. The van der Waals surface area contributed by atoms with Crippen LogP contribution in [0.15, 0.2) is 72.8 Å². The zero-order valence-corrected chi connectivity index (χ0v) is 15.5.